The summed E-state index contributed by atoms with van der Waals surface area (Å²) in [4.78, 5) is 14.0. The van der Waals surface area contributed by atoms with Crippen LogP contribution < -0.4 is 5.73 Å². The van der Waals surface area contributed by atoms with Gasteiger partial charge >= 0.3 is 0 Å². The lowest BCUT2D eigenvalue weighted by atomic mass is 9.87. The third kappa shape index (κ3) is 5.36. The molecule has 18 heavy (non-hydrogen) atoms. The lowest BCUT2D eigenvalue weighted by molar-refractivity contribution is -0.130. The van der Waals surface area contributed by atoms with Crippen LogP contribution in [0.25, 0.3) is 0 Å². The quantitative estimate of drug-likeness (QED) is 0.781. The van der Waals surface area contributed by atoms with Gasteiger partial charge in [0.2, 0.25) is 5.91 Å². The minimum Gasteiger partial charge on any atom is -0.396 e. The molecule has 1 fully saturated rings. The van der Waals surface area contributed by atoms with E-state index in [1.54, 1.807) is 0 Å². The first-order valence-corrected chi connectivity index (χ1v) is 6.96. The Hall–Kier alpha value is -0.610. The zero-order valence-corrected chi connectivity index (χ0v) is 12.0. The molecular weight excluding hydrogens is 228 g/mol. The van der Waals surface area contributed by atoms with Crippen molar-refractivity contribution in [3.8, 4) is 0 Å². The highest BCUT2D eigenvalue weighted by atomic mass is 16.3. The van der Waals surface area contributed by atoms with E-state index in [9.17, 15) is 4.79 Å². The van der Waals surface area contributed by atoms with Crippen molar-refractivity contribution in [2.75, 3.05) is 19.7 Å². The summed E-state index contributed by atoms with van der Waals surface area (Å²) in [5, 5.41) is 8.90. The van der Waals surface area contributed by atoms with Gasteiger partial charge in [-0.05, 0) is 30.6 Å². The first-order chi connectivity index (χ1) is 8.31. The van der Waals surface area contributed by atoms with Gasteiger partial charge in [0.25, 0.3) is 0 Å². The van der Waals surface area contributed by atoms with Crippen LogP contribution in [0.4, 0.5) is 0 Å². The number of rotatable bonds is 5. The third-order valence-electron chi connectivity index (χ3n) is 3.49. The van der Waals surface area contributed by atoms with E-state index >= 15 is 0 Å². The summed E-state index contributed by atoms with van der Waals surface area (Å²) < 4.78 is 0. The lowest BCUT2D eigenvalue weighted by Crippen LogP contribution is -2.36. The highest BCUT2D eigenvalue weighted by molar-refractivity contribution is 5.77. The SMILES string of the molecule is CC(C)(C)CC(N)CC(=O)N1CCC(CCO)C1. The highest BCUT2D eigenvalue weighted by Gasteiger charge is 2.27. The predicted molar refractivity (Wildman–Crippen MR) is 73.1 cm³/mol. The molecule has 0 bridgehead atoms. The Balaban J connectivity index is 2.33. The number of amides is 1. The van der Waals surface area contributed by atoms with E-state index in [0.29, 0.717) is 12.3 Å². The summed E-state index contributed by atoms with van der Waals surface area (Å²) in [6.07, 6.45) is 3.13. The average Bonchev–Trinajstić information content (AvgIpc) is 2.63. The zero-order valence-electron chi connectivity index (χ0n) is 12.0. The molecule has 0 aromatic rings. The molecular formula is C14H28N2O2. The van der Waals surface area contributed by atoms with Crippen LogP contribution in [0, 0.1) is 11.3 Å². The van der Waals surface area contributed by atoms with Crippen LogP contribution >= 0.6 is 0 Å². The third-order valence-corrected chi connectivity index (χ3v) is 3.49. The molecule has 0 saturated carbocycles. The van der Waals surface area contributed by atoms with Crippen LogP contribution in [0.3, 0.4) is 0 Å². The minimum absolute atomic E-state index is 0.0469. The van der Waals surface area contributed by atoms with Crippen molar-refractivity contribution < 1.29 is 9.90 Å². The fourth-order valence-electron chi connectivity index (χ4n) is 2.69. The summed E-state index contributed by atoms with van der Waals surface area (Å²) in [6.45, 7) is 8.27. The number of hydrogen-bond acceptors (Lipinski definition) is 3. The van der Waals surface area contributed by atoms with Gasteiger partial charge in [-0.15, -0.1) is 0 Å². The van der Waals surface area contributed by atoms with Crippen molar-refractivity contribution in [1.82, 2.24) is 4.90 Å². The Labute approximate surface area is 111 Å². The van der Waals surface area contributed by atoms with Gasteiger partial charge in [-0.2, -0.15) is 0 Å². The molecule has 2 unspecified atom stereocenters. The second-order valence-electron chi connectivity index (χ2n) is 6.74. The van der Waals surface area contributed by atoms with Crippen molar-refractivity contribution >= 4 is 5.91 Å². The van der Waals surface area contributed by atoms with E-state index in [0.717, 1.165) is 32.4 Å². The molecule has 1 rings (SSSR count). The monoisotopic (exact) mass is 256 g/mol. The largest absolute Gasteiger partial charge is 0.396 e. The van der Waals surface area contributed by atoms with Gasteiger partial charge in [-0.1, -0.05) is 20.8 Å². The van der Waals surface area contributed by atoms with Gasteiger partial charge < -0.3 is 15.7 Å². The normalized spacial score (nSPS) is 22.3. The number of nitrogens with zero attached hydrogens (tertiary/aromatic N) is 1. The molecule has 0 aliphatic carbocycles. The zero-order chi connectivity index (χ0) is 13.8. The topological polar surface area (TPSA) is 66.6 Å². The van der Waals surface area contributed by atoms with Crippen LogP contribution in [0.1, 0.15) is 46.5 Å². The molecule has 3 N–H and O–H groups in total. The number of carbonyl (C=O) groups is 1. The molecule has 4 nitrogen and oxygen atoms in total. The van der Waals surface area contributed by atoms with Crippen molar-refractivity contribution in [3.63, 3.8) is 0 Å². The van der Waals surface area contributed by atoms with Gasteiger partial charge in [0.05, 0.1) is 0 Å². The Bertz CT molecular complexity index is 273. The molecule has 1 aliphatic rings. The molecule has 0 aromatic carbocycles. The number of likely N-dealkylation sites (tertiary alicyclic amines) is 1. The molecule has 0 aromatic heterocycles. The minimum atomic E-state index is -0.0469. The molecule has 0 spiro atoms. The fraction of sp³-hybridized carbons (Fsp3) is 0.929. The highest BCUT2D eigenvalue weighted by Crippen LogP contribution is 2.23. The van der Waals surface area contributed by atoms with Gasteiger partial charge in [0.15, 0.2) is 0 Å². The van der Waals surface area contributed by atoms with Crippen molar-refractivity contribution in [2.24, 2.45) is 17.1 Å². The molecule has 4 heteroatoms. The van der Waals surface area contributed by atoms with Gasteiger partial charge in [-0.3, -0.25) is 4.79 Å². The van der Waals surface area contributed by atoms with E-state index in [4.69, 9.17) is 10.8 Å². The second-order valence-corrected chi connectivity index (χ2v) is 6.74. The van der Waals surface area contributed by atoms with Crippen molar-refractivity contribution in [2.45, 2.75) is 52.5 Å². The average molecular weight is 256 g/mol. The fourth-order valence-corrected chi connectivity index (χ4v) is 2.69. The Morgan fingerprint density at radius 2 is 2.17 bits per heavy atom. The Morgan fingerprint density at radius 1 is 1.50 bits per heavy atom. The van der Waals surface area contributed by atoms with E-state index in [1.165, 1.54) is 0 Å². The first-order valence-electron chi connectivity index (χ1n) is 6.96. The van der Waals surface area contributed by atoms with E-state index < -0.39 is 0 Å². The van der Waals surface area contributed by atoms with Crippen LogP contribution in [0.5, 0.6) is 0 Å². The van der Waals surface area contributed by atoms with Gasteiger partial charge in [0.1, 0.15) is 0 Å². The number of nitrogens with two attached hydrogens (primary N) is 1. The first kappa shape index (κ1) is 15.4. The van der Waals surface area contributed by atoms with Crippen molar-refractivity contribution in [3.05, 3.63) is 0 Å². The summed E-state index contributed by atoms with van der Waals surface area (Å²) in [5.74, 6) is 0.644. The molecule has 1 aliphatic heterocycles. The molecule has 2 atom stereocenters. The molecule has 1 saturated heterocycles. The van der Waals surface area contributed by atoms with Gasteiger partial charge in [0, 0.05) is 32.2 Å². The maximum Gasteiger partial charge on any atom is 0.224 e. The summed E-state index contributed by atoms with van der Waals surface area (Å²) in [6, 6.07) is -0.0469. The molecule has 1 heterocycles. The lowest BCUT2D eigenvalue weighted by Gasteiger charge is -2.24. The summed E-state index contributed by atoms with van der Waals surface area (Å²) >= 11 is 0. The number of aliphatic hydroxyl groups is 1. The van der Waals surface area contributed by atoms with Crippen LogP contribution in [-0.2, 0) is 4.79 Å². The molecule has 106 valence electrons. The van der Waals surface area contributed by atoms with Crippen LogP contribution in [0.2, 0.25) is 0 Å². The van der Waals surface area contributed by atoms with E-state index in [2.05, 4.69) is 20.8 Å². The van der Waals surface area contributed by atoms with Gasteiger partial charge in [-0.25, -0.2) is 0 Å². The standard InChI is InChI=1S/C14H28N2O2/c1-14(2,3)9-12(15)8-13(18)16-6-4-11(10-16)5-7-17/h11-12,17H,4-10,15H2,1-3H3. The molecule has 0 radical (unpaired) electrons. The Morgan fingerprint density at radius 3 is 2.72 bits per heavy atom. The number of hydrogen-bond donors (Lipinski definition) is 2. The maximum absolute atomic E-state index is 12.1. The second kappa shape index (κ2) is 6.53. The van der Waals surface area contributed by atoms with Crippen LogP contribution in [-0.4, -0.2) is 41.7 Å². The molecule has 1 amide bonds. The number of carbonyl (C=O) groups excluding carboxylic acids is 1. The maximum atomic E-state index is 12.1. The van der Waals surface area contributed by atoms with Crippen LogP contribution in [0.15, 0.2) is 0 Å². The van der Waals surface area contributed by atoms with E-state index in [-0.39, 0.29) is 24.0 Å². The summed E-state index contributed by atoms with van der Waals surface area (Å²) in [5.41, 5.74) is 6.20. The predicted octanol–water partition coefficient (Wildman–Crippen LogP) is 1.37. The Kier molecular flexibility index (Phi) is 5.60. The smallest absolute Gasteiger partial charge is 0.224 e. The summed E-state index contributed by atoms with van der Waals surface area (Å²) in [7, 11) is 0. The van der Waals surface area contributed by atoms with Crippen molar-refractivity contribution in [1.29, 1.82) is 0 Å². The number of aliphatic hydroxyl groups excluding tert-OH is 1. The van der Waals surface area contributed by atoms with E-state index in [1.807, 2.05) is 4.90 Å².